The molecule has 2 aliphatic rings. The molecule has 4 heteroatoms. The highest BCUT2D eigenvalue weighted by Gasteiger charge is 2.33. The fraction of sp³-hybridized carbons (Fsp3) is 0.917. The molecule has 0 aromatic heterocycles. The van der Waals surface area contributed by atoms with Gasteiger partial charge in [-0.1, -0.05) is 6.92 Å². The molecule has 2 fully saturated rings. The van der Waals surface area contributed by atoms with Crippen LogP contribution in [0.4, 0.5) is 0 Å². The highest BCUT2D eigenvalue weighted by Crippen LogP contribution is 2.18. The molecule has 0 aromatic carbocycles. The highest BCUT2D eigenvalue weighted by molar-refractivity contribution is 5.83. The molecule has 2 rings (SSSR count). The third kappa shape index (κ3) is 2.38. The quantitative estimate of drug-likeness (QED) is 0.726. The van der Waals surface area contributed by atoms with E-state index < -0.39 is 0 Å². The van der Waals surface area contributed by atoms with Crippen molar-refractivity contribution in [1.82, 2.24) is 15.1 Å². The number of piperidine rings is 1. The molecule has 2 saturated heterocycles. The summed E-state index contributed by atoms with van der Waals surface area (Å²) in [7, 11) is 4.06. The minimum atomic E-state index is 0.0702. The summed E-state index contributed by atoms with van der Waals surface area (Å²) in [5, 5.41) is 3.55. The van der Waals surface area contributed by atoms with Crippen LogP contribution < -0.4 is 5.32 Å². The summed E-state index contributed by atoms with van der Waals surface area (Å²) in [6, 6.07) is 0.581. The van der Waals surface area contributed by atoms with Crippen LogP contribution in [0.3, 0.4) is 0 Å². The molecule has 2 aliphatic heterocycles. The second kappa shape index (κ2) is 4.72. The highest BCUT2D eigenvalue weighted by atomic mass is 16.2. The minimum Gasteiger partial charge on any atom is -0.344 e. The molecular weight excluding hydrogens is 202 g/mol. The van der Waals surface area contributed by atoms with Crippen molar-refractivity contribution < 1.29 is 4.79 Å². The van der Waals surface area contributed by atoms with Crippen molar-refractivity contribution in [3.8, 4) is 0 Å². The standard InChI is InChI=1S/C12H23N3O/c1-9-8-14(2)6-4-10(9)13-11-5-7-15(3)12(11)16/h9-11,13H,4-8H2,1-3H3. The fourth-order valence-electron chi connectivity index (χ4n) is 2.84. The zero-order valence-corrected chi connectivity index (χ0v) is 10.6. The summed E-state index contributed by atoms with van der Waals surface area (Å²) in [4.78, 5) is 16.0. The summed E-state index contributed by atoms with van der Waals surface area (Å²) in [6.45, 7) is 5.45. The molecule has 0 bridgehead atoms. The smallest absolute Gasteiger partial charge is 0.239 e. The summed E-state index contributed by atoms with van der Waals surface area (Å²) < 4.78 is 0. The van der Waals surface area contributed by atoms with Crippen LogP contribution in [0, 0.1) is 5.92 Å². The summed E-state index contributed by atoms with van der Waals surface area (Å²) in [5.41, 5.74) is 0. The van der Waals surface area contributed by atoms with Gasteiger partial charge in [0, 0.05) is 26.2 Å². The van der Waals surface area contributed by atoms with Crippen LogP contribution in [0.25, 0.3) is 0 Å². The summed E-state index contributed by atoms with van der Waals surface area (Å²) in [5.74, 6) is 0.906. The molecule has 0 aliphatic carbocycles. The van der Waals surface area contributed by atoms with E-state index in [1.165, 1.54) is 0 Å². The number of hydrogen-bond donors (Lipinski definition) is 1. The second-order valence-electron chi connectivity index (χ2n) is 5.40. The Balaban J connectivity index is 1.88. The Morgan fingerprint density at radius 1 is 1.25 bits per heavy atom. The molecule has 0 radical (unpaired) electrons. The number of nitrogens with zero attached hydrogens (tertiary/aromatic N) is 2. The molecule has 0 saturated carbocycles. The van der Waals surface area contributed by atoms with Gasteiger partial charge in [-0.3, -0.25) is 4.79 Å². The number of likely N-dealkylation sites (N-methyl/N-ethyl adjacent to an activating group) is 1. The SMILES string of the molecule is CC1CN(C)CCC1NC1CCN(C)C1=O. The second-order valence-corrected chi connectivity index (χ2v) is 5.40. The number of rotatable bonds is 2. The lowest BCUT2D eigenvalue weighted by Gasteiger charge is -2.36. The molecule has 1 N–H and O–H groups in total. The molecule has 92 valence electrons. The molecule has 0 aromatic rings. The Hall–Kier alpha value is -0.610. The Morgan fingerprint density at radius 2 is 2.00 bits per heavy atom. The number of hydrogen-bond acceptors (Lipinski definition) is 3. The van der Waals surface area contributed by atoms with E-state index in [0.29, 0.717) is 12.0 Å². The molecule has 0 spiro atoms. The van der Waals surface area contributed by atoms with Crippen molar-refractivity contribution in [2.45, 2.75) is 31.8 Å². The van der Waals surface area contributed by atoms with E-state index in [2.05, 4.69) is 24.2 Å². The van der Waals surface area contributed by atoms with Crippen molar-refractivity contribution in [1.29, 1.82) is 0 Å². The van der Waals surface area contributed by atoms with Crippen LogP contribution in [-0.2, 0) is 4.79 Å². The van der Waals surface area contributed by atoms with Gasteiger partial charge in [-0.2, -0.15) is 0 Å². The number of nitrogens with one attached hydrogen (secondary N) is 1. The summed E-state index contributed by atoms with van der Waals surface area (Å²) >= 11 is 0. The number of likely N-dealkylation sites (tertiary alicyclic amines) is 2. The first kappa shape index (κ1) is 11.9. The number of carbonyl (C=O) groups is 1. The van der Waals surface area contributed by atoms with Crippen molar-refractivity contribution >= 4 is 5.91 Å². The van der Waals surface area contributed by atoms with Crippen LogP contribution in [-0.4, -0.2) is 61.5 Å². The van der Waals surface area contributed by atoms with Gasteiger partial charge in [-0.15, -0.1) is 0 Å². The average molecular weight is 225 g/mol. The monoisotopic (exact) mass is 225 g/mol. The lowest BCUT2D eigenvalue weighted by atomic mass is 9.93. The van der Waals surface area contributed by atoms with Crippen molar-refractivity contribution in [2.75, 3.05) is 33.7 Å². The van der Waals surface area contributed by atoms with Crippen molar-refractivity contribution in [2.24, 2.45) is 5.92 Å². The zero-order valence-electron chi connectivity index (χ0n) is 10.6. The van der Waals surface area contributed by atoms with Gasteiger partial charge in [0.1, 0.15) is 0 Å². The molecule has 3 atom stereocenters. The fourth-order valence-corrected chi connectivity index (χ4v) is 2.84. The Labute approximate surface area is 98.0 Å². The lowest BCUT2D eigenvalue weighted by molar-refractivity contribution is -0.128. The normalized spacial score (nSPS) is 37.1. The molecule has 2 heterocycles. The molecule has 4 nitrogen and oxygen atoms in total. The number of carbonyl (C=O) groups excluding carboxylic acids is 1. The first-order chi connectivity index (χ1) is 7.58. The first-order valence-corrected chi connectivity index (χ1v) is 6.27. The maximum absolute atomic E-state index is 11.8. The van der Waals surface area contributed by atoms with E-state index in [1.54, 1.807) is 0 Å². The third-order valence-corrected chi connectivity index (χ3v) is 3.95. The van der Waals surface area contributed by atoms with Crippen LogP contribution in [0.15, 0.2) is 0 Å². The van der Waals surface area contributed by atoms with E-state index >= 15 is 0 Å². The van der Waals surface area contributed by atoms with Crippen LogP contribution >= 0.6 is 0 Å². The van der Waals surface area contributed by atoms with Gasteiger partial charge in [0.25, 0.3) is 0 Å². The minimum absolute atomic E-state index is 0.0702. The third-order valence-electron chi connectivity index (χ3n) is 3.95. The van der Waals surface area contributed by atoms with Gasteiger partial charge in [-0.25, -0.2) is 0 Å². The molecular formula is C12H23N3O. The lowest BCUT2D eigenvalue weighted by Crippen LogP contribution is -2.51. The average Bonchev–Trinajstić information content (AvgIpc) is 2.54. The van der Waals surface area contributed by atoms with Gasteiger partial charge in [0.15, 0.2) is 0 Å². The van der Waals surface area contributed by atoms with Crippen molar-refractivity contribution in [3.63, 3.8) is 0 Å². The Kier molecular flexibility index (Phi) is 3.50. The van der Waals surface area contributed by atoms with E-state index in [4.69, 9.17) is 0 Å². The predicted octanol–water partition coefficient (Wildman–Crippen LogP) is 0.147. The Morgan fingerprint density at radius 3 is 2.56 bits per heavy atom. The van der Waals surface area contributed by atoms with Gasteiger partial charge in [-0.05, 0) is 32.4 Å². The zero-order chi connectivity index (χ0) is 11.7. The van der Waals surface area contributed by atoms with E-state index in [0.717, 1.165) is 32.5 Å². The van der Waals surface area contributed by atoms with Crippen LogP contribution in [0.1, 0.15) is 19.8 Å². The van der Waals surface area contributed by atoms with Crippen LogP contribution in [0.2, 0.25) is 0 Å². The summed E-state index contributed by atoms with van der Waals surface area (Å²) in [6.07, 6.45) is 2.12. The van der Waals surface area contributed by atoms with E-state index in [9.17, 15) is 4.79 Å². The molecule has 1 amide bonds. The maximum atomic E-state index is 11.8. The predicted molar refractivity (Wildman–Crippen MR) is 64.2 cm³/mol. The van der Waals surface area contributed by atoms with Gasteiger partial charge in [0.05, 0.1) is 6.04 Å². The van der Waals surface area contributed by atoms with E-state index in [-0.39, 0.29) is 11.9 Å². The van der Waals surface area contributed by atoms with Gasteiger partial charge >= 0.3 is 0 Å². The van der Waals surface area contributed by atoms with Gasteiger partial charge < -0.3 is 15.1 Å². The molecule has 3 unspecified atom stereocenters. The van der Waals surface area contributed by atoms with E-state index in [1.807, 2.05) is 11.9 Å². The van der Waals surface area contributed by atoms with Gasteiger partial charge in [0.2, 0.25) is 5.91 Å². The largest absolute Gasteiger partial charge is 0.344 e. The number of amides is 1. The first-order valence-electron chi connectivity index (χ1n) is 6.27. The topological polar surface area (TPSA) is 35.6 Å². The van der Waals surface area contributed by atoms with Crippen LogP contribution in [0.5, 0.6) is 0 Å². The molecule has 16 heavy (non-hydrogen) atoms. The maximum Gasteiger partial charge on any atom is 0.239 e. The Bertz CT molecular complexity index is 269. The van der Waals surface area contributed by atoms with Crippen molar-refractivity contribution in [3.05, 3.63) is 0 Å².